The van der Waals surface area contributed by atoms with E-state index >= 15 is 0 Å². The molecular weight excluding hydrogens is 328 g/mol. The van der Waals surface area contributed by atoms with Gasteiger partial charge in [-0.05, 0) is 24.3 Å². The summed E-state index contributed by atoms with van der Waals surface area (Å²) in [5.41, 5.74) is 2.25. The summed E-state index contributed by atoms with van der Waals surface area (Å²) in [7, 11) is 1.69. The van der Waals surface area contributed by atoms with E-state index in [1.807, 2.05) is 54.6 Å². The molecule has 4 rings (SSSR count). The van der Waals surface area contributed by atoms with Crippen LogP contribution in [0, 0.1) is 0 Å². The van der Waals surface area contributed by atoms with Crippen molar-refractivity contribution >= 4 is 17.2 Å². The molecule has 128 valence electrons. The first-order chi connectivity index (χ1) is 12.7. The number of carbonyl (C=O) groups excluding carboxylic acids is 1. The maximum absolute atomic E-state index is 12.4. The Hall–Kier alpha value is -3.60. The summed E-state index contributed by atoms with van der Waals surface area (Å²) < 4.78 is 7.55. The number of H-pyrrole nitrogens is 1. The van der Waals surface area contributed by atoms with Gasteiger partial charge < -0.3 is 14.3 Å². The Kier molecular flexibility index (Phi) is 3.89. The summed E-state index contributed by atoms with van der Waals surface area (Å²) in [4.78, 5) is 26.5. The number of aldehydes is 1. The van der Waals surface area contributed by atoms with E-state index in [9.17, 15) is 9.59 Å². The van der Waals surface area contributed by atoms with E-state index in [1.54, 1.807) is 19.3 Å². The van der Waals surface area contributed by atoms with Crippen molar-refractivity contribution in [3.05, 3.63) is 82.9 Å². The predicted molar refractivity (Wildman–Crippen MR) is 101 cm³/mol. The molecule has 0 saturated heterocycles. The van der Waals surface area contributed by atoms with Crippen molar-refractivity contribution in [3.63, 3.8) is 0 Å². The highest BCUT2D eigenvalue weighted by atomic mass is 16.5. The Morgan fingerprint density at radius 1 is 1.00 bits per heavy atom. The molecule has 0 atom stereocenters. The van der Waals surface area contributed by atoms with Crippen LogP contribution in [-0.2, 0) is 7.05 Å². The quantitative estimate of drug-likeness (QED) is 0.566. The van der Waals surface area contributed by atoms with Crippen LogP contribution in [0.5, 0.6) is 11.5 Å². The smallest absolute Gasteiger partial charge is 0.274 e. The van der Waals surface area contributed by atoms with Crippen molar-refractivity contribution in [1.29, 1.82) is 0 Å². The van der Waals surface area contributed by atoms with Crippen LogP contribution in [0.2, 0.25) is 0 Å². The van der Waals surface area contributed by atoms with Gasteiger partial charge in [-0.15, -0.1) is 0 Å². The number of pyridine rings is 1. The molecule has 0 amide bonds. The molecule has 0 radical (unpaired) electrons. The summed E-state index contributed by atoms with van der Waals surface area (Å²) >= 11 is 0. The van der Waals surface area contributed by atoms with Crippen LogP contribution < -0.4 is 10.3 Å². The predicted octanol–water partition coefficient (Wildman–Crippen LogP) is 4.14. The fourth-order valence-corrected chi connectivity index (χ4v) is 3.03. The normalized spacial score (nSPS) is 10.8. The van der Waals surface area contributed by atoms with Gasteiger partial charge in [0.2, 0.25) is 0 Å². The van der Waals surface area contributed by atoms with Crippen molar-refractivity contribution in [2.45, 2.75) is 0 Å². The van der Waals surface area contributed by atoms with Gasteiger partial charge in [-0.25, -0.2) is 0 Å². The number of fused-ring (bicyclic) bond motifs is 1. The number of aromatic amines is 1. The number of rotatable bonds is 4. The zero-order chi connectivity index (χ0) is 18.1. The van der Waals surface area contributed by atoms with Crippen LogP contribution in [0.4, 0.5) is 0 Å². The Labute approximate surface area is 149 Å². The number of carbonyl (C=O) groups is 1. The highest BCUT2D eigenvalue weighted by molar-refractivity contribution is 5.99. The zero-order valence-electron chi connectivity index (χ0n) is 14.1. The van der Waals surface area contributed by atoms with Crippen molar-refractivity contribution in [2.75, 3.05) is 0 Å². The van der Waals surface area contributed by atoms with Crippen molar-refractivity contribution in [3.8, 4) is 22.6 Å². The van der Waals surface area contributed by atoms with Gasteiger partial charge in [0.25, 0.3) is 5.56 Å². The summed E-state index contributed by atoms with van der Waals surface area (Å²) in [6.45, 7) is 0. The van der Waals surface area contributed by atoms with E-state index in [1.165, 1.54) is 4.57 Å². The minimum absolute atomic E-state index is 0.182. The summed E-state index contributed by atoms with van der Waals surface area (Å²) in [6, 6.07) is 18.8. The maximum Gasteiger partial charge on any atom is 0.274 e. The standard InChI is InChI=1S/C21H16N2O3/c1-23-12-18(17-11-14(13-24)22-20(17)21(23)25)16-9-5-6-10-19(16)26-15-7-3-2-4-8-15/h2-13,22H,1H3. The SMILES string of the molecule is Cn1cc(-c2ccccc2Oc2ccccc2)c2cc(C=O)[nH]c2c1=O. The van der Waals surface area contributed by atoms with Crippen LogP contribution in [-0.4, -0.2) is 15.8 Å². The molecule has 0 aliphatic rings. The first-order valence-electron chi connectivity index (χ1n) is 8.17. The second kappa shape index (κ2) is 6.37. The van der Waals surface area contributed by atoms with Gasteiger partial charge in [0.05, 0.1) is 5.69 Å². The number of ether oxygens (including phenoxy) is 1. The maximum atomic E-state index is 12.4. The third-order valence-corrected chi connectivity index (χ3v) is 4.26. The van der Waals surface area contributed by atoms with Crippen LogP contribution in [0.25, 0.3) is 22.0 Å². The Balaban J connectivity index is 1.94. The van der Waals surface area contributed by atoms with Gasteiger partial charge in [0, 0.05) is 29.8 Å². The van der Waals surface area contributed by atoms with Crippen molar-refractivity contribution < 1.29 is 9.53 Å². The van der Waals surface area contributed by atoms with E-state index in [0.29, 0.717) is 28.6 Å². The summed E-state index contributed by atoms with van der Waals surface area (Å²) in [6.07, 6.45) is 2.47. The van der Waals surface area contributed by atoms with E-state index in [4.69, 9.17) is 4.74 Å². The fourth-order valence-electron chi connectivity index (χ4n) is 3.03. The molecule has 0 spiro atoms. The third-order valence-electron chi connectivity index (χ3n) is 4.26. The minimum Gasteiger partial charge on any atom is -0.457 e. The lowest BCUT2D eigenvalue weighted by Crippen LogP contribution is -2.16. The number of hydrogen-bond acceptors (Lipinski definition) is 3. The minimum atomic E-state index is -0.182. The summed E-state index contributed by atoms with van der Waals surface area (Å²) in [5, 5.41) is 0.694. The Morgan fingerprint density at radius 3 is 2.50 bits per heavy atom. The van der Waals surface area contributed by atoms with Crippen LogP contribution in [0.15, 0.2) is 71.7 Å². The van der Waals surface area contributed by atoms with E-state index in [-0.39, 0.29) is 5.56 Å². The Bertz CT molecular complexity index is 1160. The van der Waals surface area contributed by atoms with Gasteiger partial charge in [0.1, 0.15) is 17.0 Å². The van der Waals surface area contributed by atoms with Crippen molar-refractivity contribution in [2.24, 2.45) is 7.05 Å². The zero-order valence-corrected chi connectivity index (χ0v) is 14.1. The first-order valence-corrected chi connectivity index (χ1v) is 8.17. The molecule has 0 aliphatic carbocycles. The number of nitrogens with zero attached hydrogens (tertiary/aromatic N) is 1. The molecule has 0 unspecified atom stereocenters. The van der Waals surface area contributed by atoms with Crippen LogP contribution in [0.1, 0.15) is 10.5 Å². The molecule has 2 heterocycles. The van der Waals surface area contributed by atoms with Crippen molar-refractivity contribution in [1.82, 2.24) is 9.55 Å². The van der Waals surface area contributed by atoms with E-state index < -0.39 is 0 Å². The van der Waals surface area contributed by atoms with Gasteiger partial charge in [-0.3, -0.25) is 9.59 Å². The lowest BCUT2D eigenvalue weighted by molar-refractivity contribution is 0.112. The molecule has 5 nitrogen and oxygen atoms in total. The molecule has 0 fully saturated rings. The number of aryl methyl sites for hydroxylation is 1. The molecule has 2 aromatic carbocycles. The molecule has 2 aromatic heterocycles. The molecule has 4 aromatic rings. The number of aromatic nitrogens is 2. The third kappa shape index (κ3) is 2.69. The van der Waals surface area contributed by atoms with E-state index in [0.717, 1.165) is 16.9 Å². The lowest BCUT2D eigenvalue weighted by Gasteiger charge is -2.13. The lowest BCUT2D eigenvalue weighted by atomic mass is 10.0. The Morgan fingerprint density at radius 2 is 1.73 bits per heavy atom. The second-order valence-corrected chi connectivity index (χ2v) is 6.00. The van der Waals surface area contributed by atoms with Gasteiger partial charge in [0.15, 0.2) is 6.29 Å². The van der Waals surface area contributed by atoms with Gasteiger partial charge >= 0.3 is 0 Å². The van der Waals surface area contributed by atoms with Gasteiger partial charge in [-0.1, -0.05) is 36.4 Å². The fraction of sp³-hybridized carbons (Fsp3) is 0.0476. The number of hydrogen-bond donors (Lipinski definition) is 1. The van der Waals surface area contributed by atoms with E-state index in [2.05, 4.69) is 4.98 Å². The van der Waals surface area contributed by atoms with Gasteiger partial charge in [-0.2, -0.15) is 0 Å². The largest absolute Gasteiger partial charge is 0.457 e. The number of para-hydroxylation sites is 2. The van der Waals surface area contributed by atoms with Crippen LogP contribution in [0.3, 0.4) is 0 Å². The molecule has 0 aliphatic heterocycles. The number of benzene rings is 2. The van der Waals surface area contributed by atoms with Crippen LogP contribution >= 0.6 is 0 Å². The molecule has 5 heteroatoms. The monoisotopic (exact) mass is 344 g/mol. The topological polar surface area (TPSA) is 64.1 Å². The first kappa shape index (κ1) is 15.9. The molecule has 1 N–H and O–H groups in total. The average Bonchev–Trinajstić information content (AvgIpc) is 3.11. The molecule has 26 heavy (non-hydrogen) atoms. The highest BCUT2D eigenvalue weighted by Gasteiger charge is 2.15. The molecule has 0 bridgehead atoms. The molecular formula is C21H16N2O3. The summed E-state index contributed by atoms with van der Waals surface area (Å²) in [5.74, 6) is 1.40. The molecule has 0 saturated carbocycles. The number of nitrogens with one attached hydrogen (secondary N) is 1. The second-order valence-electron chi connectivity index (χ2n) is 6.00. The highest BCUT2D eigenvalue weighted by Crippen LogP contribution is 2.36. The average molecular weight is 344 g/mol.